The van der Waals surface area contributed by atoms with Gasteiger partial charge in [0.1, 0.15) is 0 Å². The average molecular weight is 117 g/mol. The second-order valence-electron chi connectivity index (χ2n) is 1.48. The molecule has 0 atom stereocenters. The van der Waals surface area contributed by atoms with Gasteiger partial charge in [0, 0.05) is 12.2 Å². The largest absolute Gasteiger partial charge is 0.300 e. The van der Waals surface area contributed by atoms with Gasteiger partial charge in [-0.15, -0.1) is 0 Å². The van der Waals surface area contributed by atoms with Crippen LogP contribution in [0.25, 0.3) is 0 Å². The molecule has 0 spiro atoms. The van der Waals surface area contributed by atoms with Gasteiger partial charge in [-0.25, -0.2) is 0 Å². The maximum absolute atomic E-state index is 10.3. The molecule has 0 bridgehead atoms. The van der Waals surface area contributed by atoms with Crippen LogP contribution in [-0.2, 0) is 4.79 Å². The van der Waals surface area contributed by atoms with Crippen molar-refractivity contribution >= 4 is 17.9 Å². The first-order chi connectivity index (χ1) is 3.39. The van der Waals surface area contributed by atoms with Crippen molar-refractivity contribution in [1.29, 1.82) is 0 Å². The quantitative estimate of drug-likeness (QED) is 0.469. The molecule has 0 aromatic rings. The van der Waals surface area contributed by atoms with Crippen LogP contribution in [0.1, 0.15) is 12.8 Å². The van der Waals surface area contributed by atoms with Crippen molar-refractivity contribution in [3.63, 3.8) is 0 Å². The first-order valence-electron chi connectivity index (χ1n) is 2.30. The van der Waals surface area contributed by atoms with Gasteiger partial charge < -0.3 is 4.72 Å². The highest BCUT2D eigenvalue weighted by Gasteiger charge is 2.05. The van der Waals surface area contributed by atoms with Crippen molar-refractivity contribution in [3.05, 3.63) is 0 Å². The molecular weight excluding hydrogens is 110 g/mol. The Hall–Kier alpha value is -0.180. The van der Waals surface area contributed by atoms with E-state index < -0.39 is 0 Å². The van der Waals surface area contributed by atoms with E-state index in [-0.39, 0.29) is 5.91 Å². The van der Waals surface area contributed by atoms with Crippen LogP contribution in [0.5, 0.6) is 0 Å². The maximum atomic E-state index is 10.3. The summed E-state index contributed by atoms with van der Waals surface area (Å²) in [6.07, 6.45) is 1.75. The zero-order valence-electron chi connectivity index (χ0n) is 3.94. The summed E-state index contributed by atoms with van der Waals surface area (Å²) in [5, 5.41) is 0. The van der Waals surface area contributed by atoms with Crippen molar-refractivity contribution in [1.82, 2.24) is 4.72 Å². The number of hydrogen-bond donors (Lipinski definition) is 1. The Morgan fingerprint density at radius 1 is 1.71 bits per heavy atom. The maximum Gasteiger partial charge on any atom is 0.229 e. The van der Waals surface area contributed by atoms with Crippen LogP contribution < -0.4 is 4.72 Å². The Labute approximate surface area is 46.8 Å². The fourth-order valence-corrected chi connectivity index (χ4v) is 1.14. The van der Waals surface area contributed by atoms with Crippen LogP contribution in [0, 0.1) is 0 Å². The van der Waals surface area contributed by atoms with E-state index in [9.17, 15) is 4.79 Å². The highest BCUT2D eigenvalue weighted by atomic mass is 32.2. The molecule has 1 aliphatic heterocycles. The predicted molar refractivity (Wildman–Crippen MR) is 29.8 cm³/mol. The second-order valence-corrected chi connectivity index (χ2v) is 2.38. The fourth-order valence-electron chi connectivity index (χ4n) is 0.487. The van der Waals surface area contributed by atoms with Crippen LogP contribution in [0.2, 0.25) is 0 Å². The Morgan fingerprint density at radius 2 is 2.57 bits per heavy atom. The van der Waals surface area contributed by atoms with E-state index in [1.807, 2.05) is 0 Å². The third-order valence-electron chi connectivity index (χ3n) is 0.836. The normalized spacial score (nSPS) is 21.4. The van der Waals surface area contributed by atoms with E-state index in [2.05, 4.69) is 4.72 Å². The number of amides is 1. The Morgan fingerprint density at radius 3 is 2.86 bits per heavy atom. The molecular formula is C4H7NOS. The van der Waals surface area contributed by atoms with Gasteiger partial charge in [-0.3, -0.25) is 4.79 Å². The summed E-state index contributed by atoms with van der Waals surface area (Å²) in [4.78, 5) is 10.3. The topological polar surface area (TPSA) is 29.1 Å². The van der Waals surface area contributed by atoms with Crippen LogP contribution in [0.4, 0.5) is 0 Å². The summed E-state index contributed by atoms with van der Waals surface area (Å²) < 4.78 is 2.66. The summed E-state index contributed by atoms with van der Waals surface area (Å²) in [6, 6.07) is 0. The predicted octanol–water partition coefficient (Wildman–Crippen LogP) is 0.545. The summed E-state index contributed by atoms with van der Waals surface area (Å²) >= 11 is 1.50. The van der Waals surface area contributed by atoms with E-state index in [4.69, 9.17) is 0 Å². The lowest BCUT2D eigenvalue weighted by atomic mass is 10.3. The van der Waals surface area contributed by atoms with Gasteiger partial charge in [-0.2, -0.15) is 0 Å². The van der Waals surface area contributed by atoms with Crippen molar-refractivity contribution in [2.75, 3.05) is 5.75 Å². The molecule has 1 fully saturated rings. The Balaban J connectivity index is 2.25. The lowest BCUT2D eigenvalue weighted by Gasteiger charge is -2.07. The number of carbonyl (C=O) groups excluding carboxylic acids is 1. The van der Waals surface area contributed by atoms with Crippen LogP contribution in [0.3, 0.4) is 0 Å². The summed E-state index contributed by atoms with van der Waals surface area (Å²) in [7, 11) is 0. The van der Waals surface area contributed by atoms with Gasteiger partial charge in [-0.1, -0.05) is 11.9 Å². The van der Waals surface area contributed by atoms with E-state index in [1.165, 1.54) is 11.9 Å². The summed E-state index contributed by atoms with van der Waals surface area (Å²) in [6.45, 7) is 0. The zero-order chi connectivity index (χ0) is 5.11. The molecule has 1 aliphatic rings. The lowest BCUT2D eigenvalue weighted by molar-refractivity contribution is -0.119. The minimum absolute atomic E-state index is 0.177. The monoisotopic (exact) mass is 117 g/mol. The molecule has 0 radical (unpaired) electrons. The van der Waals surface area contributed by atoms with Gasteiger partial charge in [0.05, 0.1) is 0 Å². The van der Waals surface area contributed by atoms with E-state index >= 15 is 0 Å². The third kappa shape index (κ3) is 1.39. The van der Waals surface area contributed by atoms with Crippen LogP contribution in [-0.4, -0.2) is 11.7 Å². The molecule has 0 aromatic heterocycles. The summed E-state index contributed by atoms with van der Waals surface area (Å²) in [5.41, 5.74) is 0. The number of carbonyl (C=O) groups is 1. The smallest absolute Gasteiger partial charge is 0.229 e. The number of hydrogen-bond acceptors (Lipinski definition) is 2. The number of rotatable bonds is 0. The van der Waals surface area contributed by atoms with Gasteiger partial charge in [-0.05, 0) is 6.42 Å². The third-order valence-corrected chi connectivity index (χ3v) is 1.70. The van der Waals surface area contributed by atoms with Gasteiger partial charge in [0.25, 0.3) is 0 Å². The molecule has 0 aromatic carbocycles. The van der Waals surface area contributed by atoms with Crippen molar-refractivity contribution in [2.24, 2.45) is 0 Å². The molecule has 1 rings (SSSR count). The molecule has 7 heavy (non-hydrogen) atoms. The Kier molecular flexibility index (Phi) is 1.57. The van der Waals surface area contributed by atoms with Gasteiger partial charge in [0.2, 0.25) is 5.91 Å². The molecule has 1 amide bonds. The molecule has 1 heterocycles. The molecule has 3 heteroatoms. The SMILES string of the molecule is O=C1CCCSN1. The Bertz CT molecular complexity index is 75.8. The van der Waals surface area contributed by atoms with Crippen molar-refractivity contribution in [2.45, 2.75) is 12.8 Å². The van der Waals surface area contributed by atoms with Crippen LogP contribution >= 0.6 is 11.9 Å². The van der Waals surface area contributed by atoms with Gasteiger partial charge in [0.15, 0.2) is 0 Å². The summed E-state index contributed by atoms with van der Waals surface area (Å²) in [5.74, 6) is 1.25. The highest BCUT2D eigenvalue weighted by Crippen LogP contribution is 2.06. The molecule has 1 saturated heterocycles. The number of nitrogens with one attached hydrogen (secondary N) is 1. The van der Waals surface area contributed by atoms with Crippen LogP contribution in [0.15, 0.2) is 0 Å². The fraction of sp³-hybridized carbons (Fsp3) is 0.750. The standard InChI is InChI=1S/C4H7NOS/c6-4-2-1-3-7-5-4/h1-3H2,(H,5,6). The van der Waals surface area contributed by atoms with Crippen molar-refractivity contribution < 1.29 is 4.79 Å². The van der Waals surface area contributed by atoms with E-state index in [0.717, 1.165) is 12.2 Å². The lowest BCUT2D eigenvalue weighted by Crippen LogP contribution is -2.20. The average Bonchev–Trinajstić information content (AvgIpc) is 1.69. The molecule has 1 N–H and O–H groups in total. The van der Waals surface area contributed by atoms with E-state index in [1.54, 1.807) is 0 Å². The van der Waals surface area contributed by atoms with E-state index in [0.29, 0.717) is 6.42 Å². The van der Waals surface area contributed by atoms with Gasteiger partial charge >= 0.3 is 0 Å². The molecule has 40 valence electrons. The minimum Gasteiger partial charge on any atom is -0.300 e. The highest BCUT2D eigenvalue weighted by molar-refractivity contribution is 7.98. The molecule has 0 unspecified atom stereocenters. The zero-order valence-corrected chi connectivity index (χ0v) is 4.75. The second kappa shape index (κ2) is 2.21. The van der Waals surface area contributed by atoms with Crippen molar-refractivity contribution in [3.8, 4) is 0 Å². The molecule has 2 nitrogen and oxygen atoms in total. The minimum atomic E-state index is 0.177. The molecule has 0 aliphatic carbocycles. The first-order valence-corrected chi connectivity index (χ1v) is 3.29. The first kappa shape index (κ1) is 4.97. The molecule has 0 saturated carbocycles.